The van der Waals surface area contributed by atoms with Crippen molar-refractivity contribution < 1.29 is 9.84 Å². The molecule has 2 atom stereocenters. The van der Waals surface area contributed by atoms with Crippen molar-refractivity contribution in [3.63, 3.8) is 0 Å². The van der Waals surface area contributed by atoms with Crippen molar-refractivity contribution in [1.29, 1.82) is 0 Å². The number of hydrogen-bond donors (Lipinski definition) is 2. The Hall–Kier alpha value is -1.84. The van der Waals surface area contributed by atoms with Gasteiger partial charge in [-0.2, -0.15) is 0 Å². The Labute approximate surface area is 113 Å². The fraction of sp³-hybridized carbons (Fsp3) is 0.250. The summed E-state index contributed by atoms with van der Waals surface area (Å²) in [7, 11) is 0. The third-order valence-electron chi connectivity index (χ3n) is 2.95. The summed E-state index contributed by atoms with van der Waals surface area (Å²) in [6, 6.07) is 17.2. The standard InChI is InChI=1S/C16H19NO2/c1-12(17)16(14-7-3-2-4-8-14)19-15-9-5-6-13(10-15)11-18/h2-10,12,16,18H,11,17H2,1H3. The second-order valence-corrected chi connectivity index (χ2v) is 4.61. The first-order valence-corrected chi connectivity index (χ1v) is 6.37. The summed E-state index contributed by atoms with van der Waals surface area (Å²) in [5.41, 5.74) is 7.89. The lowest BCUT2D eigenvalue weighted by Crippen LogP contribution is -2.29. The highest BCUT2D eigenvalue weighted by atomic mass is 16.5. The molecule has 2 rings (SSSR count). The van der Waals surface area contributed by atoms with E-state index in [0.29, 0.717) is 0 Å². The Kier molecular flexibility index (Phi) is 4.55. The van der Waals surface area contributed by atoms with E-state index >= 15 is 0 Å². The van der Waals surface area contributed by atoms with Gasteiger partial charge in [-0.05, 0) is 30.2 Å². The van der Waals surface area contributed by atoms with Crippen LogP contribution in [0.4, 0.5) is 0 Å². The first-order chi connectivity index (χ1) is 9.20. The van der Waals surface area contributed by atoms with Gasteiger partial charge in [-0.25, -0.2) is 0 Å². The van der Waals surface area contributed by atoms with E-state index in [1.54, 1.807) is 0 Å². The maximum absolute atomic E-state index is 9.14. The summed E-state index contributed by atoms with van der Waals surface area (Å²) in [5, 5.41) is 9.14. The van der Waals surface area contributed by atoms with E-state index in [0.717, 1.165) is 16.9 Å². The number of nitrogens with two attached hydrogens (primary N) is 1. The van der Waals surface area contributed by atoms with Crippen molar-refractivity contribution in [2.75, 3.05) is 0 Å². The third-order valence-corrected chi connectivity index (χ3v) is 2.95. The van der Waals surface area contributed by atoms with Gasteiger partial charge < -0.3 is 15.6 Å². The fourth-order valence-electron chi connectivity index (χ4n) is 1.99. The Bertz CT molecular complexity index is 511. The molecule has 0 aliphatic rings. The smallest absolute Gasteiger partial charge is 0.138 e. The van der Waals surface area contributed by atoms with Crippen molar-refractivity contribution in [2.45, 2.75) is 25.7 Å². The average Bonchev–Trinajstić information content (AvgIpc) is 2.45. The molecule has 0 saturated carbocycles. The molecule has 0 aromatic heterocycles. The average molecular weight is 257 g/mol. The molecule has 0 fully saturated rings. The van der Waals surface area contributed by atoms with Crippen molar-refractivity contribution >= 4 is 0 Å². The van der Waals surface area contributed by atoms with Gasteiger partial charge in [0.1, 0.15) is 11.9 Å². The summed E-state index contributed by atoms with van der Waals surface area (Å²) in [4.78, 5) is 0. The number of ether oxygens (including phenoxy) is 1. The predicted octanol–water partition coefficient (Wildman–Crippen LogP) is 2.65. The molecule has 2 aromatic rings. The molecule has 0 radical (unpaired) electrons. The summed E-state index contributed by atoms with van der Waals surface area (Å²) in [5.74, 6) is 0.720. The first-order valence-electron chi connectivity index (χ1n) is 6.37. The zero-order valence-corrected chi connectivity index (χ0v) is 11.0. The highest BCUT2D eigenvalue weighted by molar-refractivity contribution is 5.29. The first kappa shape index (κ1) is 13.6. The number of benzene rings is 2. The monoisotopic (exact) mass is 257 g/mol. The molecule has 3 N–H and O–H groups in total. The molecule has 3 nitrogen and oxygen atoms in total. The van der Waals surface area contributed by atoms with E-state index in [1.807, 2.05) is 61.5 Å². The molecule has 0 amide bonds. The van der Waals surface area contributed by atoms with Gasteiger partial charge in [-0.1, -0.05) is 42.5 Å². The largest absolute Gasteiger partial charge is 0.484 e. The van der Waals surface area contributed by atoms with Crippen LogP contribution in [0.3, 0.4) is 0 Å². The number of aliphatic hydroxyl groups excluding tert-OH is 1. The van der Waals surface area contributed by atoms with Gasteiger partial charge in [0.2, 0.25) is 0 Å². The van der Waals surface area contributed by atoms with Gasteiger partial charge in [-0.15, -0.1) is 0 Å². The summed E-state index contributed by atoms with van der Waals surface area (Å²) < 4.78 is 5.97. The molecule has 100 valence electrons. The maximum Gasteiger partial charge on any atom is 0.138 e. The molecule has 19 heavy (non-hydrogen) atoms. The fourth-order valence-corrected chi connectivity index (χ4v) is 1.99. The Morgan fingerprint density at radius 3 is 2.47 bits per heavy atom. The Morgan fingerprint density at radius 1 is 1.11 bits per heavy atom. The second kappa shape index (κ2) is 6.36. The van der Waals surface area contributed by atoms with Crippen molar-refractivity contribution in [3.8, 4) is 5.75 Å². The minimum atomic E-state index is -0.199. The molecule has 0 aliphatic heterocycles. The molecular formula is C16H19NO2. The molecule has 2 unspecified atom stereocenters. The van der Waals surface area contributed by atoms with E-state index < -0.39 is 0 Å². The Balaban J connectivity index is 2.21. The third kappa shape index (κ3) is 3.56. The van der Waals surface area contributed by atoms with Crippen LogP contribution in [0.15, 0.2) is 54.6 Å². The van der Waals surface area contributed by atoms with Crippen LogP contribution in [0.2, 0.25) is 0 Å². The van der Waals surface area contributed by atoms with E-state index in [-0.39, 0.29) is 18.8 Å². The zero-order valence-electron chi connectivity index (χ0n) is 11.0. The van der Waals surface area contributed by atoms with E-state index in [4.69, 9.17) is 15.6 Å². The van der Waals surface area contributed by atoms with E-state index in [2.05, 4.69) is 0 Å². The molecule has 0 saturated heterocycles. The summed E-state index contributed by atoms with van der Waals surface area (Å²) in [6.07, 6.45) is -0.199. The SMILES string of the molecule is CC(N)C(Oc1cccc(CO)c1)c1ccccc1. The Morgan fingerprint density at radius 2 is 1.84 bits per heavy atom. The molecule has 0 bridgehead atoms. The topological polar surface area (TPSA) is 55.5 Å². The minimum Gasteiger partial charge on any atom is -0.484 e. The molecular weight excluding hydrogens is 238 g/mol. The van der Waals surface area contributed by atoms with Gasteiger partial charge in [0.05, 0.1) is 6.61 Å². The number of hydrogen-bond acceptors (Lipinski definition) is 3. The predicted molar refractivity (Wildman–Crippen MR) is 75.8 cm³/mol. The molecule has 2 aromatic carbocycles. The zero-order chi connectivity index (χ0) is 13.7. The van der Waals surface area contributed by atoms with Crippen LogP contribution in [0.25, 0.3) is 0 Å². The number of aliphatic hydroxyl groups is 1. The van der Waals surface area contributed by atoms with Crippen LogP contribution in [-0.4, -0.2) is 11.1 Å². The summed E-state index contributed by atoms with van der Waals surface area (Å²) in [6.45, 7) is 1.93. The van der Waals surface area contributed by atoms with Crippen LogP contribution in [0, 0.1) is 0 Å². The molecule has 0 aliphatic carbocycles. The minimum absolute atomic E-state index is 0.00534. The van der Waals surface area contributed by atoms with Crippen LogP contribution < -0.4 is 10.5 Å². The molecule has 3 heteroatoms. The number of rotatable bonds is 5. The van der Waals surface area contributed by atoms with Crippen LogP contribution in [0.5, 0.6) is 5.75 Å². The second-order valence-electron chi connectivity index (χ2n) is 4.61. The normalized spacial score (nSPS) is 13.8. The lowest BCUT2D eigenvalue weighted by Gasteiger charge is -2.23. The lowest BCUT2D eigenvalue weighted by atomic mass is 10.0. The highest BCUT2D eigenvalue weighted by Gasteiger charge is 2.17. The summed E-state index contributed by atoms with van der Waals surface area (Å²) >= 11 is 0. The van der Waals surface area contributed by atoms with Crippen LogP contribution in [0.1, 0.15) is 24.2 Å². The van der Waals surface area contributed by atoms with Gasteiger partial charge in [-0.3, -0.25) is 0 Å². The van der Waals surface area contributed by atoms with Crippen LogP contribution >= 0.6 is 0 Å². The van der Waals surface area contributed by atoms with Crippen molar-refractivity contribution in [1.82, 2.24) is 0 Å². The maximum atomic E-state index is 9.14. The highest BCUT2D eigenvalue weighted by Crippen LogP contribution is 2.24. The molecule has 0 spiro atoms. The lowest BCUT2D eigenvalue weighted by molar-refractivity contribution is 0.180. The van der Waals surface area contributed by atoms with Gasteiger partial charge in [0, 0.05) is 6.04 Å². The quantitative estimate of drug-likeness (QED) is 0.865. The van der Waals surface area contributed by atoms with E-state index in [1.165, 1.54) is 0 Å². The van der Waals surface area contributed by atoms with E-state index in [9.17, 15) is 0 Å². The van der Waals surface area contributed by atoms with Crippen molar-refractivity contribution in [3.05, 3.63) is 65.7 Å². The molecule has 0 heterocycles. The van der Waals surface area contributed by atoms with Gasteiger partial charge in [0.25, 0.3) is 0 Å². The van der Waals surface area contributed by atoms with Gasteiger partial charge >= 0.3 is 0 Å². The van der Waals surface area contributed by atoms with Gasteiger partial charge in [0.15, 0.2) is 0 Å². The van der Waals surface area contributed by atoms with Crippen LogP contribution in [-0.2, 0) is 6.61 Å². The van der Waals surface area contributed by atoms with Crippen molar-refractivity contribution in [2.24, 2.45) is 5.73 Å².